The third kappa shape index (κ3) is 3.71. The first kappa shape index (κ1) is 12.2. The second kappa shape index (κ2) is 5.89. The van der Waals surface area contributed by atoms with Gasteiger partial charge in [-0.3, -0.25) is 10.1 Å². The Balaban J connectivity index is 2.58. The lowest BCUT2D eigenvalue weighted by Crippen LogP contribution is -2.24. The third-order valence-electron chi connectivity index (χ3n) is 2.20. The fraction of sp³-hybridized carbons (Fsp3) is 0.333. The van der Waals surface area contributed by atoms with Crippen molar-refractivity contribution in [2.24, 2.45) is 0 Å². The number of hydrogen-bond donors (Lipinski definition) is 1. The Morgan fingerprint density at radius 1 is 1.62 bits per heavy atom. The van der Waals surface area contributed by atoms with Gasteiger partial charge in [-0.25, -0.2) is 0 Å². The molecule has 4 nitrogen and oxygen atoms in total. The van der Waals surface area contributed by atoms with Crippen LogP contribution >= 0.6 is 0 Å². The van der Waals surface area contributed by atoms with Gasteiger partial charge >= 0.3 is 0 Å². The predicted molar refractivity (Wildman–Crippen MR) is 62.8 cm³/mol. The Hall–Kier alpha value is -1.86. The van der Waals surface area contributed by atoms with Gasteiger partial charge < -0.3 is 5.32 Å². The van der Waals surface area contributed by atoms with Gasteiger partial charge in [-0.2, -0.15) is 0 Å². The van der Waals surface area contributed by atoms with Crippen molar-refractivity contribution in [2.75, 3.05) is 0 Å². The smallest absolute Gasteiger partial charge is 0.269 e. The summed E-state index contributed by atoms with van der Waals surface area (Å²) in [4.78, 5) is 10.2. The molecule has 0 aliphatic heterocycles. The van der Waals surface area contributed by atoms with Crippen LogP contribution in [-0.2, 0) is 6.54 Å². The maximum Gasteiger partial charge on any atom is 0.269 e. The fourth-order valence-electron chi connectivity index (χ4n) is 1.32. The van der Waals surface area contributed by atoms with Gasteiger partial charge in [-0.15, -0.1) is 12.3 Å². The first-order chi connectivity index (χ1) is 7.63. The van der Waals surface area contributed by atoms with E-state index in [9.17, 15) is 10.1 Å². The van der Waals surface area contributed by atoms with Gasteiger partial charge in [0.05, 0.1) is 4.92 Å². The van der Waals surface area contributed by atoms with E-state index < -0.39 is 4.92 Å². The van der Waals surface area contributed by atoms with Crippen LogP contribution in [0.2, 0.25) is 0 Å². The van der Waals surface area contributed by atoms with Crippen LogP contribution in [0.3, 0.4) is 0 Å². The molecule has 1 aromatic rings. The Bertz CT molecular complexity index is 410. The van der Waals surface area contributed by atoms with Crippen molar-refractivity contribution in [2.45, 2.75) is 25.9 Å². The second-order valence-electron chi connectivity index (χ2n) is 3.62. The molecule has 4 heteroatoms. The molecule has 1 unspecified atom stereocenters. The van der Waals surface area contributed by atoms with Crippen LogP contribution in [0.1, 0.15) is 18.9 Å². The molecule has 1 atom stereocenters. The Kier molecular flexibility index (Phi) is 4.49. The Morgan fingerprint density at radius 2 is 2.38 bits per heavy atom. The van der Waals surface area contributed by atoms with E-state index in [-0.39, 0.29) is 11.7 Å². The summed E-state index contributed by atoms with van der Waals surface area (Å²) in [6.45, 7) is 2.57. The number of benzene rings is 1. The monoisotopic (exact) mass is 218 g/mol. The molecule has 1 aromatic carbocycles. The van der Waals surface area contributed by atoms with Crippen molar-refractivity contribution in [3.05, 3.63) is 39.9 Å². The van der Waals surface area contributed by atoms with Crippen molar-refractivity contribution in [3.8, 4) is 12.3 Å². The SMILES string of the molecule is C#CCC(C)NCc1cccc([N+](=O)[O-])c1. The van der Waals surface area contributed by atoms with Gasteiger partial charge in [0.25, 0.3) is 5.69 Å². The van der Waals surface area contributed by atoms with Crippen LogP contribution in [0, 0.1) is 22.5 Å². The molecular weight excluding hydrogens is 204 g/mol. The molecule has 84 valence electrons. The number of nitrogens with zero attached hydrogens (tertiary/aromatic N) is 1. The summed E-state index contributed by atoms with van der Waals surface area (Å²) in [5.41, 5.74) is 1.00. The lowest BCUT2D eigenvalue weighted by molar-refractivity contribution is -0.384. The van der Waals surface area contributed by atoms with Crippen LogP contribution in [0.25, 0.3) is 0 Å². The summed E-state index contributed by atoms with van der Waals surface area (Å²) in [6.07, 6.45) is 5.83. The highest BCUT2D eigenvalue weighted by atomic mass is 16.6. The molecule has 0 heterocycles. The lowest BCUT2D eigenvalue weighted by Gasteiger charge is -2.10. The van der Waals surface area contributed by atoms with E-state index in [2.05, 4.69) is 11.2 Å². The van der Waals surface area contributed by atoms with Crippen LogP contribution in [0.5, 0.6) is 0 Å². The topological polar surface area (TPSA) is 55.2 Å². The molecule has 16 heavy (non-hydrogen) atoms. The number of hydrogen-bond acceptors (Lipinski definition) is 3. The van der Waals surface area contributed by atoms with Gasteiger partial charge in [0.2, 0.25) is 0 Å². The molecule has 0 aromatic heterocycles. The van der Waals surface area contributed by atoms with E-state index in [0.29, 0.717) is 13.0 Å². The van der Waals surface area contributed by atoms with Crippen molar-refractivity contribution in [1.82, 2.24) is 5.32 Å². The highest BCUT2D eigenvalue weighted by Gasteiger charge is 2.06. The van der Waals surface area contributed by atoms with Gasteiger partial charge in [0.1, 0.15) is 0 Å². The van der Waals surface area contributed by atoms with Gasteiger partial charge in [-0.05, 0) is 12.5 Å². The molecule has 1 N–H and O–H groups in total. The molecule has 0 spiro atoms. The minimum absolute atomic E-state index is 0.115. The zero-order chi connectivity index (χ0) is 12.0. The van der Waals surface area contributed by atoms with E-state index in [1.54, 1.807) is 12.1 Å². The summed E-state index contributed by atoms with van der Waals surface area (Å²) in [7, 11) is 0. The average Bonchev–Trinajstić information content (AvgIpc) is 2.27. The van der Waals surface area contributed by atoms with E-state index >= 15 is 0 Å². The molecule has 0 aliphatic rings. The maximum atomic E-state index is 10.6. The van der Waals surface area contributed by atoms with Crippen molar-refractivity contribution in [3.63, 3.8) is 0 Å². The highest BCUT2D eigenvalue weighted by Crippen LogP contribution is 2.12. The molecule has 0 saturated heterocycles. The van der Waals surface area contributed by atoms with Crippen molar-refractivity contribution in [1.29, 1.82) is 0 Å². The molecule has 0 bridgehead atoms. The molecule has 0 fully saturated rings. The molecule has 0 saturated carbocycles. The maximum absolute atomic E-state index is 10.6. The van der Waals surface area contributed by atoms with Gasteiger partial charge in [0, 0.05) is 31.1 Å². The summed E-state index contributed by atoms with van der Waals surface area (Å²) in [5.74, 6) is 2.56. The molecule has 1 rings (SSSR count). The highest BCUT2D eigenvalue weighted by molar-refractivity contribution is 5.34. The predicted octanol–water partition coefficient (Wildman–Crippen LogP) is 2.10. The zero-order valence-corrected chi connectivity index (χ0v) is 9.14. The third-order valence-corrected chi connectivity index (χ3v) is 2.20. The van der Waals surface area contributed by atoms with Crippen LogP contribution in [-0.4, -0.2) is 11.0 Å². The summed E-state index contributed by atoms with van der Waals surface area (Å²) < 4.78 is 0. The van der Waals surface area contributed by atoms with Crippen molar-refractivity contribution < 1.29 is 4.92 Å². The number of nitrogens with one attached hydrogen (secondary N) is 1. The number of rotatable bonds is 5. The normalized spacial score (nSPS) is 11.8. The number of nitro groups is 1. The minimum atomic E-state index is -0.394. The van der Waals surface area contributed by atoms with Crippen LogP contribution in [0.15, 0.2) is 24.3 Å². The zero-order valence-electron chi connectivity index (χ0n) is 9.14. The lowest BCUT2D eigenvalue weighted by atomic mass is 10.2. The van der Waals surface area contributed by atoms with E-state index in [0.717, 1.165) is 5.56 Å². The standard InChI is InChI=1S/C12H14N2O2/c1-3-5-10(2)13-9-11-6-4-7-12(8-11)14(15)16/h1,4,6-8,10,13H,5,9H2,2H3. The Morgan fingerprint density at radius 3 is 3.00 bits per heavy atom. The molecule has 0 aliphatic carbocycles. The summed E-state index contributed by atoms with van der Waals surface area (Å²) in [6, 6.07) is 6.79. The van der Waals surface area contributed by atoms with Gasteiger partial charge in [0.15, 0.2) is 0 Å². The minimum Gasteiger partial charge on any atom is -0.309 e. The van der Waals surface area contributed by atoms with E-state index in [4.69, 9.17) is 6.42 Å². The molecule has 0 amide bonds. The van der Waals surface area contributed by atoms with E-state index in [1.807, 2.05) is 13.0 Å². The largest absolute Gasteiger partial charge is 0.309 e. The quantitative estimate of drug-likeness (QED) is 0.467. The van der Waals surface area contributed by atoms with Crippen LogP contribution < -0.4 is 5.32 Å². The van der Waals surface area contributed by atoms with Crippen molar-refractivity contribution >= 4 is 5.69 Å². The van der Waals surface area contributed by atoms with Crippen LogP contribution in [0.4, 0.5) is 5.69 Å². The fourth-order valence-corrected chi connectivity index (χ4v) is 1.32. The first-order valence-electron chi connectivity index (χ1n) is 5.03. The second-order valence-corrected chi connectivity index (χ2v) is 3.62. The Labute approximate surface area is 94.8 Å². The number of nitro benzene ring substituents is 1. The number of terminal acetylenes is 1. The molecular formula is C12H14N2O2. The average molecular weight is 218 g/mol. The first-order valence-corrected chi connectivity index (χ1v) is 5.03. The number of non-ortho nitro benzene ring substituents is 1. The molecule has 0 radical (unpaired) electrons. The van der Waals surface area contributed by atoms with Gasteiger partial charge in [-0.1, -0.05) is 12.1 Å². The summed E-state index contributed by atoms with van der Waals surface area (Å²) in [5, 5.41) is 13.8. The van der Waals surface area contributed by atoms with E-state index in [1.165, 1.54) is 6.07 Å². The summed E-state index contributed by atoms with van der Waals surface area (Å²) >= 11 is 0.